The van der Waals surface area contributed by atoms with Crippen LogP contribution in [0, 0.1) is 0 Å². The minimum atomic E-state index is 0.533. The molecule has 2 N–H and O–H groups in total. The van der Waals surface area contributed by atoms with E-state index in [2.05, 4.69) is 34.4 Å². The number of hydrogen-bond donors (Lipinski definition) is 2. The van der Waals surface area contributed by atoms with Gasteiger partial charge in [-0.3, -0.25) is 4.99 Å². The van der Waals surface area contributed by atoms with Crippen molar-refractivity contribution in [3.8, 4) is 0 Å². The van der Waals surface area contributed by atoms with Crippen LogP contribution in [0.5, 0.6) is 0 Å². The molecule has 1 aliphatic carbocycles. The molecule has 164 valence electrons. The van der Waals surface area contributed by atoms with Gasteiger partial charge in [-0.25, -0.2) is 0 Å². The first kappa shape index (κ1) is 23.4. The molecule has 0 unspecified atom stereocenters. The Morgan fingerprint density at radius 1 is 0.929 bits per heavy atom. The van der Waals surface area contributed by atoms with Crippen molar-refractivity contribution in [2.45, 2.75) is 83.7 Å². The van der Waals surface area contributed by atoms with Crippen LogP contribution in [0.2, 0.25) is 0 Å². The molecule has 0 aromatic carbocycles. The number of unbranched alkanes of at least 4 members (excludes halogenated alkanes) is 1. The Morgan fingerprint density at radius 2 is 1.64 bits per heavy atom. The fourth-order valence-electron chi connectivity index (χ4n) is 4.16. The molecule has 1 saturated heterocycles. The molecule has 28 heavy (non-hydrogen) atoms. The maximum absolute atomic E-state index is 5.62. The van der Waals surface area contributed by atoms with Crippen LogP contribution < -0.4 is 10.6 Å². The summed E-state index contributed by atoms with van der Waals surface area (Å²) in [6.07, 6.45) is 11.8. The van der Waals surface area contributed by atoms with Crippen molar-refractivity contribution in [3.63, 3.8) is 0 Å². The lowest BCUT2D eigenvalue weighted by molar-refractivity contribution is 0.0497. The monoisotopic (exact) mass is 396 g/mol. The molecule has 6 nitrogen and oxygen atoms in total. The standard InChI is InChI=1S/C22H44N4O2/c1-3-5-16-27-18-19-28-17-13-24-22(23-4-2)25-20-11-14-26(15-12-20)21-9-7-6-8-10-21/h20-21H,3-19H2,1-2H3,(H2,23,24,25). The molecule has 0 spiro atoms. The number of hydrogen-bond acceptors (Lipinski definition) is 4. The Hall–Kier alpha value is -0.850. The summed E-state index contributed by atoms with van der Waals surface area (Å²) in [5.41, 5.74) is 0. The van der Waals surface area contributed by atoms with E-state index in [1.807, 2.05) is 0 Å². The number of nitrogens with one attached hydrogen (secondary N) is 2. The fourth-order valence-corrected chi connectivity index (χ4v) is 4.16. The van der Waals surface area contributed by atoms with E-state index in [1.165, 1.54) is 64.5 Å². The molecule has 0 aromatic heterocycles. The SMILES string of the molecule is CCCCOCCOCCN=C(NCC)NC1CCN(C2CCCCC2)CC1. The smallest absolute Gasteiger partial charge is 0.191 e. The van der Waals surface area contributed by atoms with Crippen LogP contribution in [0.3, 0.4) is 0 Å². The zero-order chi connectivity index (χ0) is 19.9. The minimum Gasteiger partial charge on any atom is -0.379 e. The molecule has 0 atom stereocenters. The summed E-state index contributed by atoms with van der Waals surface area (Å²) < 4.78 is 11.1. The van der Waals surface area contributed by atoms with Gasteiger partial charge in [-0.2, -0.15) is 0 Å². The third kappa shape index (κ3) is 9.57. The summed E-state index contributed by atoms with van der Waals surface area (Å²) in [6.45, 7) is 11.1. The first-order chi connectivity index (χ1) is 13.8. The van der Waals surface area contributed by atoms with E-state index in [1.54, 1.807) is 0 Å². The molecule has 2 fully saturated rings. The number of guanidine groups is 1. The van der Waals surface area contributed by atoms with Gasteiger partial charge in [0.2, 0.25) is 0 Å². The van der Waals surface area contributed by atoms with Crippen LogP contribution in [0.1, 0.15) is 71.6 Å². The maximum atomic E-state index is 5.62. The third-order valence-electron chi connectivity index (χ3n) is 5.83. The Balaban J connectivity index is 1.59. The van der Waals surface area contributed by atoms with Gasteiger partial charge in [0.1, 0.15) is 0 Å². The lowest BCUT2D eigenvalue weighted by atomic mass is 9.92. The topological polar surface area (TPSA) is 58.1 Å². The highest BCUT2D eigenvalue weighted by Crippen LogP contribution is 2.25. The zero-order valence-corrected chi connectivity index (χ0v) is 18.4. The van der Waals surface area contributed by atoms with Crippen LogP contribution in [0.4, 0.5) is 0 Å². The van der Waals surface area contributed by atoms with Crippen LogP contribution in [-0.2, 0) is 9.47 Å². The Bertz CT molecular complexity index is 405. The summed E-state index contributed by atoms with van der Waals surface area (Å²) in [5.74, 6) is 0.932. The second-order valence-corrected chi connectivity index (χ2v) is 8.09. The van der Waals surface area contributed by atoms with E-state index in [4.69, 9.17) is 9.47 Å². The number of ether oxygens (including phenoxy) is 2. The maximum Gasteiger partial charge on any atom is 0.191 e. The van der Waals surface area contributed by atoms with Crippen LogP contribution in [-0.4, -0.2) is 75.5 Å². The molecule has 0 aromatic rings. The quantitative estimate of drug-likeness (QED) is 0.301. The van der Waals surface area contributed by atoms with Gasteiger partial charge >= 0.3 is 0 Å². The number of rotatable bonds is 12. The van der Waals surface area contributed by atoms with E-state index in [9.17, 15) is 0 Å². The Labute approximate surface area is 172 Å². The number of aliphatic imine (C=N–C) groups is 1. The summed E-state index contributed by atoms with van der Waals surface area (Å²) in [7, 11) is 0. The summed E-state index contributed by atoms with van der Waals surface area (Å²) >= 11 is 0. The van der Waals surface area contributed by atoms with E-state index in [-0.39, 0.29) is 0 Å². The van der Waals surface area contributed by atoms with Gasteiger partial charge in [0.25, 0.3) is 0 Å². The normalized spacial score (nSPS) is 20.4. The van der Waals surface area contributed by atoms with Crippen molar-refractivity contribution >= 4 is 5.96 Å². The van der Waals surface area contributed by atoms with Crippen molar-refractivity contribution in [1.29, 1.82) is 0 Å². The molecule has 2 rings (SSSR count). The van der Waals surface area contributed by atoms with Crippen molar-refractivity contribution < 1.29 is 9.47 Å². The van der Waals surface area contributed by atoms with Crippen molar-refractivity contribution in [3.05, 3.63) is 0 Å². The van der Waals surface area contributed by atoms with Crippen molar-refractivity contribution in [1.82, 2.24) is 15.5 Å². The zero-order valence-electron chi connectivity index (χ0n) is 18.4. The third-order valence-corrected chi connectivity index (χ3v) is 5.83. The first-order valence-electron chi connectivity index (χ1n) is 11.8. The average Bonchev–Trinajstić information content (AvgIpc) is 2.74. The van der Waals surface area contributed by atoms with Crippen LogP contribution in [0.25, 0.3) is 0 Å². The molecule has 0 bridgehead atoms. The lowest BCUT2D eigenvalue weighted by Gasteiger charge is -2.39. The predicted molar refractivity (Wildman–Crippen MR) is 117 cm³/mol. The largest absolute Gasteiger partial charge is 0.379 e. The molecule has 2 aliphatic rings. The average molecular weight is 397 g/mol. The van der Waals surface area contributed by atoms with E-state index < -0.39 is 0 Å². The van der Waals surface area contributed by atoms with Gasteiger partial charge < -0.3 is 25.0 Å². The van der Waals surface area contributed by atoms with Gasteiger partial charge in [-0.15, -0.1) is 0 Å². The van der Waals surface area contributed by atoms with Crippen LogP contribution >= 0.6 is 0 Å². The second-order valence-electron chi connectivity index (χ2n) is 8.09. The lowest BCUT2D eigenvalue weighted by Crippen LogP contribution is -2.51. The van der Waals surface area contributed by atoms with Crippen molar-refractivity contribution in [2.75, 3.05) is 52.6 Å². The minimum absolute atomic E-state index is 0.533. The van der Waals surface area contributed by atoms with E-state index in [0.717, 1.165) is 31.6 Å². The molecule has 1 heterocycles. The Morgan fingerprint density at radius 3 is 2.32 bits per heavy atom. The highest BCUT2D eigenvalue weighted by Gasteiger charge is 2.26. The predicted octanol–water partition coefficient (Wildman–Crippen LogP) is 3.17. The summed E-state index contributed by atoms with van der Waals surface area (Å²) in [5, 5.41) is 7.01. The van der Waals surface area contributed by atoms with Crippen LogP contribution in [0.15, 0.2) is 4.99 Å². The van der Waals surface area contributed by atoms with Gasteiger partial charge in [0, 0.05) is 38.3 Å². The van der Waals surface area contributed by atoms with Gasteiger partial charge in [0.05, 0.1) is 26.4 Å². The second kappa shape index (κ2) is 15.1. The number of likely N-dealkylation sites (tertiary alicyclic amines) is 1. The summed E-state index contributed by atoms with van der Waals surface area (Å²) in [6, 6.07) is 1.38. The van der Waals surface area contributed by atoms with Gasteiger partial charge in [-0.05, 0) is 39.0 Å². The van der Waals surface area contributed by atoms with Crippen molar-refractivity contribution in [2.24, 2.45) is 4.99 Å². The molecule has 0 amide bonds. The van der Waals surface area contributed by atoms with Gasteiger partial charge in [0.15, 0.2) is 5.96 Å². The molecule has 0 radical (unpaired) electrons. The first-order valence-corrected chi connectivity index (χ1v) is 11.8. The van der Waals surface area contributed by atoms with E-state index in [0.29, 0.717) is 32.4 Å². The fraction of sp³-hybridized carbons (Fsp3) is 0.955. The molecular formula is C22H44N4O2. The highest BCUT2D eigenvalue weighted by atomic mass is 16.5. The van der Waals surface area contributed by atoms with E-state index >= 15 is 0 Å². The molecule has 6 heteroatoms. The summed E-state index contributed by atoms with van der Waals surface area (Å²) in [4.78, 5) is 7.41. The molecule has 1 aliphatic heterocycles. The Kier molecular flexibility index (Phi) is 12.6. The molecule has 1 saturated carbocycles. The number of nitrogens with zero attached hydrogens (tertiary/aromatic N) is 2. The highest BCUT2D eigenvalue weighted by molar-refractivity contribution is 5.80. The molecular weight excluding hydrogens is 352 g/mol. The van der Waals surface area contributed by atoms with Gasteiger partial charge in [-0.1, -0.05) is 32.6 Å². The number of piperidine rings is 1.